The van der Waals surface area contributed by atoms with Crippen LogP contribution in [-0.4, -0.2) is 12.6 Å². The Hall–Kier alpha value is -2.43. The average molecular weight is 447 g/mol. The van der Waals surface area contributed by atoms with Gasteiger partial charge in [-0.2, -0.15) is 4.39 Å². The molecule has 2 rings (SSSR count). The van der Waals surface area contributed by atoms with E-state index in [1.54, 1.807) is 24.3 Å². The first-order valence-corrected chi connectivity index (χ1v) is 12.0. The maximum absolute atomic E-state index is 14.4. The van der Waals surface area contributed by atoms with Crippen LogP contribution in [0.5, 0.6) is 11.5 Å². The first kappa shape index (κ1) is 25.8. The molecule has 3 nitrogen and oxygen atoms in total. The van der Waals surface area contributed by atoms with Crippen LogP contribution in [0.1, 0.15) is 94.0 Å². The molecule has 32 heavy (non-hydrogen) atoms. The lowest BCUT2D eigenvalue weighted by atomic mass is 10.0. The van der Waals surface area contributed by atoms with Crippen LogP contribution < -0.4 is 9.47 Å². The molecule has 0 fully saturated rings. The van der Waals surface area contributed by atoms with Crippen LogP contribution in [0, 0.1) is 11.6 Å². The van der Waals surface area contributed by atoms with Crippen LogP contribution in [-0.2, 0) is 6.42 Å². The molecule has 5 heteroatoms. The van der Waals surface area contributed by atoms with Crippen LogP contribution in [0.3, 0.4) is 0 Å². The van der Waals surface area contributed by atoms with Crippen molar-refractivity contribution >= 4 is 5.97 Å². The van der Waals surface area contributed by atoms with E-state index in [1.807, 2.05) is 0 Å². The second kappa shape index (κ2) is 14.6. The lowest BCUT2D eigenvalue weighted by Gasteiger charge is -2.10. The van der Waals surface area contributed by atoms with Gasteiger partial charge >= 0.3 is 5.97 Å². The Bertz CT molecular complexity index is 818. The summed E-state index contributed by atoms with van der Waals surface area (Å²) in [5.41, 5.74) is 0.567. The molecule has 0 radical (unpaired) electrons. The Labute approximate surface area is 191 Å². The molecular formula is C27H36F2O3. The van der Waals surface area contributed by atoms with Gasteiger partial charge in [-0.15, -0.1) is 0 Å². The Kier molecular flexibility index (Phi) is 11.8. The number of benzene rings is 2. The third-order valence-corrected chi connectivity index (χ3v) is 5.49. The summed E-state index contributed by atoms with van der Waals surface area (Å²) in [5, 5.41) is 0. The number of aryl methyl sites for hydroxylation is 1. The van der Waals surface area contributed by atoms with Crippen LogP contribution in [0.4, 0.5) is 8.78 Å². The van der Waals surface area contributed by atoms with Gasteiger partial charge in [0.1, 0.15) is 5.75 Å². The zero-order valence-corrected chi connectivity index (χ0v) is 19.4. The largest absolute Gasteiger partial charge is 0.494 e. The summed E-state index contributed by atoms with van der Waals surface area (Å²) >= 11 is 0. The van der Waals surface area contributed by atoms with Crippen molar-refractivity contribution in [2.75, 3.05) is 6.61 Å². The highest BCUT2D eigenvalue weighted by Crippen LogP contribution is 2.25. The highest BCUT2D eigenvalue weighted by Gasteiger charge is 2.18. The van der Waals surface area contributed by atoms with Crippen molar-refractivity contribution in [3.05, 3.63) is 59.2 Å². The molecular weight excluding hydrogens is 410 g/mol. The van der Waals surface area contributed by atoms with E-state index in [-0.39, 0.29) is 5.56 Å². The molecule has 0 N–H and O–H groups in total. The fourth-order valence-corrected chi connectivity index (χ4v) is 3.50. The van der Waals surface area contributed by atoms with Gasteiger partial charge in [-0.05, 0) is 55.2 Å². The topological polar surface area (TPSA) is 35.5 Å². The van der Waals surface area contributed by atoms with Gasteiger partial charge in [-0.25, -0.2) is 9.18 Å². The lowest BCUT2D eigenvalue weighted by molar-refractivity contribution is 0.0726. The number of carbonyl (C=O) groups excluding carboxylic acids is 1. The van der Waals surface area contributed by atoms with E-state index in [1.165, 1.54) is 44.2 Å². The molecule has 0 amide bonds. The first-order chi connectivity index (χ1) is 15.6. The van der Waals surface area contributed by atoms with Crippen molar-refractivity contribution in [2.24, 2.45) is 0 Å². The molecule has 0 spiro atoms. The predicted molar refractivity (Wildman–Crippen MR) is 124 cm³/mol. The highest BCUT2D eigenvalue weighted by molar-refractivity contribution is 5.91. The summed E-state index contributed by atoms with van der Waals surface area (Å²) in [6.45, 7) is 4.94. The zero-order chi connectivity index (χ0) is 23.2. The highest BCUT2D eigenvalue weighted by atomic mass is 19.2. The zero-order valence-electron chi connectivity index (χ0n) is 19.4. The van der Waals surface area contributed by atoms with Gasteiger partial charge in [0.2, 0.25) is 5.82 Å². The molecule has 0 bridgehead atoms. The molecule has 0 saturated carbocycles. The van der Waals surface area contributed by atoms with E-state index in [0.717, 1.165) is 32.1 Å². The van der Waals surface area contributed by atoms with Crippen molar-refractivity contribution in [2.45, 2.75) is 84.5 Å². The number of rotatable bonds is 15. The summed E-state index contributed by atoms with van der Waals surface area (Å²) < 4.78 is 39.6. The number of ether oxygens (including phenoxy) is 2. The SMILES string of the molecule is CCCCCCCCc1ccc(OC(=O)c2ccc(OCCCCCC)cc2)c(F)c1F. The monoisotopic (exact) mass is 446 g/mol. The van der Waals surface area contributed by atoms with Gasteiger partial charge in [-0.1, -0.05) is 71.3 Å². The quantitative estimate of drug-likeness (QED) is 0.158. The van der Waals surface area contributed by atoms with Crippen LogP contribution in [0.2, 0.25) is 0 Å². The minimum absolute atomic E-state index is 0.249. The summed E-state index contributed by atoms with van der Waals surface area (Å²) in [6.07, 6.45) is 11.4. The molecule has 2 aromatic carbocycles. The third kappa shape index (κ3) is 8.60. The van der Waals surface area contributed by atoms with Gasteiger partial charge in [0, 0.05) is 0 Å². The fourth-order valence-electron chi connectivity index (χ4n) is 3.50. The van der Waals surface area contributed by atoms with Gasteiger partial charge in [0.25, 0.3) is 0 Å². The maximum atomic E-state index is 14.4. The molecule has 0 saturated heterocycles. The molecule has 0 unspecified atom stereocenters. The third-order valence-electron chi connectivity index (χ3n) is 5.49. The van der Waals surface area contributed by atoms with E-state index in [9.17, 15) is 13.6 Å². The van der Waals surface area contributed by atoms with Crippen molar-refractivity contribution < 1.29 is 23.0 Å². The number of esters is 1. The second-order valence-electron chi connectivity index (χ2n) is 8.19. The number of carbonyl (C=O) groups is 1. The standard InChI is InChI=1S/C27H36F2O3/c1-3-5-7-9-10-11-13-21-16-19-24(26(29)25(21)28)32-27(30)22-14-17-23(18-15-22)31-20-12-8-6-4-2/h14-19H,3-13,20H2,1-2H3. The van der Waals surface area contributed by atoms with Crippen molar-refractivity contribution in [3.63, 3.8) is 0 Å². The van der Waals surface area contributed by atoms with Crippen molar-refractivity contribution in [1.82, 2.24) is 0 Å². The Morgan fingerprint density at radius 2 is 1.38 bits per heavy atom. The van der Waals surface area contributed by atoms with E-state index in [4.69, 9.17) is 9.47 Å². The average Bonchev–Trinajstić information content (AvgIpc) is 2.80. The number of unbranched alkanes of at least 4 members (excludes halogenated alkanes) is 8. The first-order valence-electron chi connectivity index (χ1n) is 12.0. The normalized spacial score (nSPS) is 10.9. The molecule has 0 aliphatic rings. The lowest BCUT2D eigenvalue weighted by Crippen LogP contribution is -2.10. The summed E-state index contributed by atoms with van der Waals surface area (Å²) in [6, 6.07) is 9.31. The van der Waals surface area contributed by atoms with Crippen LogP contribution in [0.25, 0.3) is 0 Å². The molecule has 0 atom stereocenters. The number of hydrogen-bond donors (Lipinski definition) is 0. The number of hydrogen-bond acceptors (Lipinski definition) is 3. The van der Waals surface area contributed by atoms with Crippen LogP contribution in [0.15, 0.2) is 36.4 Å². The van der Waals surface area contributed by atoms with E-state index >= 15 is 0 Å². The molecule has 2 aromatic rings. The molecule has 176 valence electrons. The van der Waals surface area contributed by atoms with Crippen molar-refractivity contribution in [1.29, 1.82) is 0 Å². The van der Waals surface area contributed by atoms with Gasteiger partial charge in [0.05, 0.1) is 12.2 Å². The molecule has 0 aliphatic heterocycles. The Balaban J connectivity index is 1.86. The minimum atomic E-state index is -1.12. The fraction of sp³-hybridized carbons (Fsp3) is 0.519. The van der Waals surface area contributed by atoms with E-state index in [2.05, 4.69) is 13.8 Å². The van der Waals surface area contributed by atoms with Gasteiger partial charge in [-0.3, -0.25) is 0 Å². The molecule has 0 aliphatic carbocycles. The smallest absolute Gasteiger partial charge is 0.343 e. The van der Waals surface area contributed by atoms with Crippen LogP contribution >= 0.6 is 0 Å². The van der Waals surface area contributed by atoms with Gasteiger partial charge in [0.15, 0.2) is 11.6 Å². The summed E-state index contributed by atoms with van der Waals surface area (Å²) in [4.78, 5) is 12.4. The minimum Gasteiger partial charge on any atom is -0.494 e. The van der Waals surface area contributed by atoms with E-state index < -0.39 is 23.4 Å². The maximum Gasteiger partial charge on any atom is 0.343 e. The van der Waals surface area contributed by atoms with Crippen molar-refractivity contribution in [3.8, 4) is 11.5 Å². The predicted octanol–water partition coefficient (Wildman–Crippen LogP) is 8.05. The molecule has 0 heterocycles. The Morgan fingerprint density at radius 3 is 2.06 bits per heavy atom. The summed E-state index contributed by atoms with van der Waals surface area (Å²) in [7, 11) is 0. The second-order valence-corrected chi connectivity index (χ2v) is 8.19. The number of halogens is 2. The molecule has 0 aromatic heterocycles. The van der Waals surface area contributed by atoms with E-state index in [0.29, 0.717) is 24.3 Å². The Morgan fingerprint density at radius 1 is 0.750 bits per heavy atom. The summed E-state index contributed by atoms with van der Waals surface area (Å²) in [5.74, 6) is -2.52. The van der Waals surface area contributed by atoms with Gasteiger partial charge < -0.3 is 9.47 Å².